The molecule has 0 fully saturated rings. The molecule has 0 saturated carbocycles. The highest BCUT2D eigenvalue weighted by atomic mass is 35.5. The number of rotatable bonds is 5. The molecule has 5 nitrogen and oxygen atoms in total. The Morgan fingerprint density at radius 3 is 2.28 bits per heavy atom. The number of hydrogen-bond acceptors (Lipinski definition) is 3. The van der Waals surface area contributed by atoms with E-state index in [1.165, 1.54) is 7.11 Å². The minimum Gasteiger partial charge on any atom is -0.497 e. The minimum absolute atomic E-state index is 0.333. The van der Waals surface area contributed by atoms with Crippen LogP contribution < -0.4 is 20.1 Å². The Hall–Kier alpha value is -2.40. The van der Waals surface area contributed by atoms with Gasteiger partial charge < -0.3 is 20.1 Å². The van der Waals surface area contributed by atoms with Crippen LogP contribution in [0.3, 0.4) is 0 Å². The molecule has 0 atom stereocenters. The molecule has 2 N–H and O–H groups in total. The zero-order chi connectivity index (χ0) is 18.6. The fourth-order valence-electron chi connectivity index (χ4n) is 2.45. The zero-order valence-corrected chi connectivity index (χ0v) is 15.8. The van der Waals surface area contributed by atoms with E-state index < -0.39 is 5.54 Å². The van der Waals surface area contributed by atoms with Crippen molar-refractivity contribution in [1.82, 2.24) is 5.32 Å². The molecule has 0 aliphatic carbocycles. The molecule has 6 heteroatoms. The molecule has 2 rings (SSSR count). The summed E-state index contributed by atoms with van der Waals surface area (Å²) in [6, 6.07) is 10.7. The molecule has 0 unspecified atom stereocenters. The van der Waals surface area contributed by atoms with Crippen molar-refractivity contribution in [2.75, 3.05) is 19.5 Å². The molecule has 134 valence electrons. The number of urea groups is 1. The maximum absolute atomic E-state index is 12.5. The number of aryl methyl sites for hydroxylation is 1. The number of amides is 2. The van der Waals surface area contributed by atoms with E-state index in [0.29, 0.717) is 16.5 Å². The fourth-order valence-corrected chi connectivity index (χ4v) is 2.60. The van der Waals surface area contributed by atoms with Gasteiger partial charge in [-0.1, -0.05) is 23.7 Å². The predicted octanol–water partition coefficient (Wildman–Crippen LogP) is 4.72. The lowest BCUT2D eigenvalue weighted by atomic mass is 9.94. The van der Waals surface area contributed by atoms with Gasteiger partial charge in [0.25, 0.3) is 0 Å². The van der Waals surface area contributed by atoms with E-state index in [0.717, 1.165) is 16.9 Å². The third-order valence-electron chi connectivity index (χ3n) is 3.97. The van der Waals surface area contributed by atoms with Crippen LogP contribution in [0.1, 0.15) is 25.0 Å². The quantitative estimate of drug-likeness (QED) is 0.808. The Balaban J connectivity index is 2.14. The molecular weight excluding hydrogens is 340 g/mol. The average Bonchev–Trinajstić information content (AvgIpc) is 2.57. The highest BCUT2D eigenvalue weighted by Gasteiger charge is 2.23. The number of halogens is 1. The maximum atomic E-state index is 12.5. The van der Waals surface area contributed by atoms with Crippen LogP contribution in [0.5, 0.6) is 11.5 Å². The third-order valence-corrected chi connectivity index (χ3v) is 4.37. The van der Waals surface area contributed by atoms with Crippen LogP contribution in [-0.4, -0.2) is 20.3 Å². The molecule has 0 spiro atoms. The monoisotopic (exact) mass is 362 g/mol. The number of carbonyl (C=O) groups excluding carboxylic acids is 1. The average molecular weight is 363 g/mol. The summed E-state index contributed by atoms with van der Waals surface area (Å²) in [6.07, 6.45) is 0. The van der Waals surface area contributed by atoms with Crippen LogP contribution in [0.15, 0.2) is 36.4 Å². The van der Waals surface area contributed by atoms with Crippen LogP contribution in [0, 0.1) is 6.92 Å². The lowest BCUT2D eigenvalue weighted by molar-refractivity contribution is 0.241. The molecule has 2 aromatic rings. The van der Waals surface area contributed by atoms with Crippen LogP contribution in [0.4, 0.5) is 10.5 Å². The molecule has 0 radical (unpaired) electrons. The third kappa shape index (κ3) is 4.57. The van der Waals surface area contributed by atoms with Crippen LogP contribution in [0.25, 0.3) is 0 Å². The first-order valence-electron chi connectivity index (χ1n) is 7.84. The first-order valence-corrected chi connectivity index (χ1v) is 8.22. The van der Waals surface area contributed by atoms with E-state index in [-0.39, 0.29) is 6.03 Å². The van der Waals surface area contributed by atoms with E-state index in [9.17, 15) is 4.79 Å². The Bertz CT molecular complexity index is 758. The second kappa shape index (κ2) is 7.66. The van der Waals surface area contributed by atoms with E-state index in [1.54, 1.807) is 19.2 Å². The number of hydrogen-bond donors (Lipinski definition) is 2. The van der Waals surface area contributed by atoms with E-state index in [2.05, 4.69) is 10.6 Å². The smallest absolute Gasteiger partial charge is 0.320 e. The van der Waals surface area contributed by atoms with E-state index >= 15 is 0 Å². The summed E-state index contributed by atoms with van der Waals surface area (Å²) in [6.45, 7) is 5.73. The number of methoxy groups -OCH3 is 2. The Labute approximate surface area is 153 Å². The number of anilines is 1. The number of benzene rings is 2. The van der Waals surface area contributed by atoms with Crippen molar-refractivity contribution >= 4 is 23.3 Å². The second-order valence-corrected chi connectivity index (χ2v) is 6.64. The number of ether oxygens (including phenoxy) is 2. The van der Waals surface area contributed by atoms with Gasteiger partial charge in [-0.25, -0.2) is 4.79 Å². The van der Waals surface area contributed by atoms with Crippen molar-refractivity contribution in [3.8, 4) is 11.5 Å². The Morgan fingerprint density at radius 2 is 1.72 bits per heavy atom. The lowest BCUT2D eigenvalue weighted by Crippen LogP contribution is -2.43. The van der Waals surface area contributed by atoms with Crippen LogP contribution in [0.2, 0.25) is 5.02 Å². The van der Waals surface area contributed by atoms with Gasteiger partial charge in [-0.2, -0.15) is 0 Å². The zero-order valence-electron chi connectivity index (χ0n) is 15.1. The van der Waals surface area contributed by atoms with Gasteiger partial charge in [0.2, 0.25) is 0 Å². The lowest BCUT2D eigenvalue weighted by Gasteiger charge is -2.27. The number of nitrogens with one attached hydrogen (secondary N) is 2. The molecule has 2 amide bonds. The SMILES string of the molecule is COc1ccc(C(C)(C)NC(=O)Nc2cc(C)c(Cl)cc2OC)cc1. The second-order valence-electron chi connectivity index (χ2n) is 6.23. The normalized spacial score (nSPS) is 11.0. The molecule has 0 heterocycles. The van der Waals surface area contributed by atoms with Crippen molar-refractivity contribution in [3.05, 3.63) is 52.5 Å². The highest BCUT2D eigenvalue weighted by Crippen LogP contribution is 2.31. The van der Waals surface area contributed by atoms with Gasteiger partial charge in [-0.15, -0.1) is 0 Å². The van der Waals surface area contributed by atoms with E-state index in [1.807, 2.05) is 45.0 Å². The van der Waals surface area contributed by atoms with Gasteiger partial charge >= 0.3 is 6.03 Å². The van der Waals surface area contributed by atoms with Crippen molar-refractivity contribution in [3.63, 3.8) is 0 Å². The molecule has 25 heavy (non-hydrogen) atoms. The van der Waals surface area contributed by atoms with Gasteiger partial charge in [0, 0.05) is 11.1 Å². The molecule has 0 aromatic heterocycles. The molecule has 0 bridgehead atoms. The van der Waals surface area contributed by atoms with Gasteiger partial charge in [0.05, 0.1) is 25.4 Å². The van der Waals surface area contributed by atoms with E-state index in [4.69, 9.17) is 21.1 Å². The highest BCUT2D eigenvalue weighted by molar-refractivity contribution is 6.31. The Kier molecular flexibility index (Phi) is 5.80. The first kappa shape index (κ1) is 18.9. The largest absolute Gasteiger partial charge is 0.497 e. The van der Waals surface area contributed by atoms with Crippen molar-refractivity contribution in [1.29, 1.82) is 0 Å². The Morgan fingerprint density at radius 1 is 1.08 bits per heavy atom. The van der Waals surface area contributed by atoms with Gasteiger partial charge in [0.1, 0.15) is 11.5 Å². The van der Waals surface area contributed by atoms with Crippen molar-refractivity contribution in [2.24, 2.45) is 0 Å². The molecule has 0 saturated heterocycles. The van der Waals surface area contributed by atoms with Gasteiger partial charge in [-0.3, -0.25) is 0 Å². The standard InChI is InChI=1S/C19H23ClN2O3/c1-12-10-16(17(25-5)11-15(12)20)21-18(23)22-19(2,3)13-6-8-14(24-4)9-7-13/h6-11H,1-5H3,(H2,21,22,23). The van der Waals surface area contributed by atoms with Gasteiger partial charge in [0.15, 0.2) is 0 Å². The summed E-state index contributed by atoms with van der Waals surface area (Å²) in [5, 5.41) is 6.37. The summed E-state index contributed by atoms with van der Waals surface area (Å²) in [7, 11) is 3.15. The maximum Gasteiger partial charge on any atom is 0.320 e. The topological polar surface area (TPSA) is 59.6 Å². The molecule has 0 aliphatic heterocycles. The summed E-state index contributed by atoms with van der Waals surface area (Å²) in [5.74, 6) is 1.28. The summed E-state index contributed by atoms with van der Waals surface area (Å²) in [4.78, 5) is 12.5. The van der Waals surface area contributed by atoms with Crippen LogP contribution in [-0.2, 0) is 5.54 Å². The summed E-state index contributed by atoms with van der Waals surface area (Å²) < 4.78 is 10.4. The van der Waals surface area contributed by atoms with Crippen molar-refractivity contribution in [2.45, 2.75) is 26.3 Å². The van der Waals surface area contributed by atoms with Crippen molar-refractivity contribution < 1.29 is 14.3 Å². The summed E-state index contributed by atoms with van der Waals surface area (Å²) in [5.41, 5.74) is 1.81. The summed E-state index contributed by atoms with van der Waals surface area (Å²) >= 11 is 6.09. The molecule has 0 aliphatic rings. The number of carbonyl (C=O) groups is 1. The first-order chi connectivity index (χ1) is 11.8. The minimum atomic E-state index is -0.564. The van der Waals surface area contributed by atoms with Gasteiger partial charge in [-0.05, 0) is 50.1 Å². The molecular formula is C19H23ClN2O3. The predicted molar refractivity (Wildman–Crippen MR) is 101 cm³/mol. The fraction of sp³-hybridized carbons (Fsp3) is 0.316. The molecule has 2 aromatic carbocycles. The van der Waals surface area contributed by atoms with Crippen LogP contribution >= 0.6 is 11.6 Å².